The normalized spacial score (nSPS) is 20.9. The molecule has 1 aromatic carbocycles. The zero-order valence-electron chi connectivity index (χ0n) is 17.9. The van der Waals surface area contributed by atoms with E-state index in [0.29, 0.717) is 43.8 Å². The molecule has 2 aliphatic rings. The number of anilines is 2. The summed E-state index contributed by atoms with van der Waals surface area (Å²) in [6, 6.07) is 7.98. The maximum absolute atomic E-state index is 9.97. The molecule has 0 bridgehead atoms. The Bertz CT molecular complexity index is 1060. The van der Waals surface area contributed by atoms with E-state index in [1.807, 2.05) is 24.3 Å². The number of nitrogens with zero attached hydrogens (tertiary/aromatic N) is 5. The second kappa shape index (κ2) is 8.41. The molecule has 9 heteroatoms. The molecule has 0 radical (unpaired) electrons. The standard InChI is InChI=1S/C22H28N6O3/c1-14-13-31-11-8-28(14)21-18-20(25-22(26-21)27-6-9-30-10-7-27)24-19(23-18)17-5-3-4-16(12-17)15(2)29/h3-5,12,14-15,29H,6-11,13H2,1-2H3,(H,23,24,25,26). The predicted octanol–water partition coefficient (Wildman–Crippen LogP) is 2.13. The fraction of sp³-hybridized carbons (Fsp3) is 0.500. The quantitative estimate of drug-likeness (QED) is 0.657. The first-order valence-corrected chi connectivity index (χ1v) is 10.8. The third kappa shape index (κ3) is 3.96. The molecular weight excluding hydrogens is 396 g/mol. The van der Waals surface area contributed by atoms with E-state index in [-0.39, 0.29) is 6.04 Å². The molecule has 2 aromatic heterocycles. The molecule has 2 fully saturated rings. The van der Waals surface area contributed by atoms with Gasteiger partial charge >= 0.3 is 0 Å². The van der Waals surface area contributed by atoms with Crippen molar-refractivity contribution in [1.82, 2.24) is 19.9 Å². The minimum Gasteiger partial charge on any atom is -0.389 e. The van der Waals surface area contributed by atoms with E-state index in [4.69, 9.17) is 24.4 Å². The Hall–Kier alpha value is -2.75. The van der Waals surface area contributed by atoms with E-state index in [0.717, 1.165) is 42.1 Å². The average molecular weight is 425 g/mol. The second-order valence-corrected chi connectivity index (χ2v) is 8.15. The van der Waals surface area contributed by atoms with Crippen molar-refractivity contribution in [3.63, 3.8) is 0 Å². The Morgan fingerprint density at radius 2 is 1.90 bits per heavy atom. The van der Waals surface area contributed by atoms with Crippen LogP contribution >= 0.6 is 0 Å². The van der Waals surface area contributed by atoms with Crippen molar-refractivity contribution >= 4 is 22.9 Å². The summed E-state index contributed by atoms with van der Waals surface area (Å²) in [5, 5.41) is 9.97. The summed E-state index contributed by atoms with van der Waals surface area (Å²) in [5.74, 6) is 2.24. The predicted molar refractivity (Wildman–Crippen MR) is 118 cm³/mol. The van der Waals surface area contributed by atoms with Crippen LogP contribution < -0.4 is 9.80 Å². The molecule has 2 unspecified atom stereocenters. The maximum Gasteiger partial charge on any atom is 0.229 e. The van der Waals surface area contributed by atoms with Crippen LogP contribution in [0.3, 0.4) is 0 Å². The SMILES string of the molecule is CC(O)c1cccc(-c2nc3c(N4CCOCC4C)nc(N4CCOCC4)nc3[nH]2)c1. The largest absolute Gasteiger partial charge is 0.389 e. The molecule has 31 heavy (non-hydrogen) atoms. The Kier molecular flexibility index (Phi) is 5.47. The van der Waals surface area contributed by atoms with Crippen LogP contribution in [0.1, 0.15) is 25.5 Å². The number of benzene rings is 1. The number of rotatable bonds is 4. The number of aliphatic hydroxyl groups excluding tert-OH is 1. The highest BCUT2D eigenvalue weighted by atomic mass is 16.5. The van der Waals surface area contributed by atoms with Gasteiger partial charge in [0, 0.05) is 25.2 Å². The van der Waals surface area contributed by atoms with Crippen LogP contribution in [0.15, 0.2) is 24.3 Å². The van der Waals surface area contributed by atoms with Crippen molar-refractivity contribution in [3.05, 3.63) is 29.8 Å². The van der Waals surface area contributed by atoms with Gasteiger partial charge < -0.3 is 29.4 Å². The molecule has 2 saturated heterocycles. The van der Waals surface area contributed by atoms with E-state index >= 15 is 0 Å². The fourth-order valence-corrected chi connectivity index (χ4v) is 4.10. The van der Waals surface area contributed by atoms with Gasteiger partial charge in [0.25, 0.3) is 0 Å². The lowest BCUT2D eigenvalue weighted by Crippen LogP contribution is -2.44. The molecule has 0 saturated carbocycles. The minimum atomic E-state index is -0.540. The van der Waals surface area contributed by atoms with Crippen LogP contribution in [0, 0.1) is 0 Å². The van der Waals surface area contributed by atoms with Gasteiger partial charge in [0.15, 0.2) is 17.0 Å². The summed E-state index contributed by atoms with van der Waals surface area (Å²) in [6.45, 7) is 8.85. The lowest BCUT2D eigenvalue weighted by Gasteiger charge is -2.35. The van der Waals surface area contributed by atoms with Gasteiger partial charge in [-0.3, -0.25) is 0 Å². The molecular formula is C22H28N6O3. The minimum absolute atomic E-state index is 0.197. The third-order valence-corrected chi connectivity index (χ3v) is 5.89. The number of hydrogen-bond acceptors (Lipinski definition) is 8. The molecule has 164 valence electrons. The van der Waals surface area contributed by atoms with Crippen LogP contribution in [0.2, 0.25) is 0 Å². The Balaban J connectivity index is 1.62. The summed E-state index contributed by atoms with van der Waals surface area (Å²) in [7, 11) is 0. The fourth-order valence-electron chi connectivity index (χ4n) is 4.10. The molecule has 0 amide bonds. The lowest BCUT2D eigenvalue weighted by atomic mass is 10.1. The molecule has 4 heterocycles. The van der Waals surface area contributed by atoms with Crippen molar-refractivity contribution in [2.24, 2.45) is 0 Å². The maximum atomic E-state index is 9.97. The number of aliphatic hydroxyl groups is 1. The van der Waals surface area contributed by atoms with Gasteiger partial charge in [0.05, 0.1) is 38.6 Å². The molecule has 0 aliphatic carbocycles. The molecule has 3 aromatic rings. The van der Waals surface area contributed by atoms with Crippen molar-refractivity contribution in [2.45, 2.75) is 26.0 Å². The van der Waals surface area contributed by atoms with Crippen LogP contribution in [-0.4, -0.2) is 77.1 Å². The third-order valence-electron chi connectivity index (χ3n) is 5.89. The van der Waals surface area contributed by atoms with E-state index in [2.05, 4.69) is 21.7 Å². The van der Waals surface area contributed by atoms with Gasteiger partial charge in [-0.2, -0.15) is 9.97 Å². The first kappa shape index (κ1) is 20.2. The van der Waals surface area contributed by atoms with Crippen molar-refractivity contribution in [3.8, 4) is 11.4 Å². The highest BCUT2D eigenvalue weighted by Crippen LogP contribution is 2.31. The molecule has 2 N–H and O–H groups in total. The first-order valence-electron chi connectivity index (χ1n) is 10.8. The summed E-state index contributed by atoms with van der Waals surface area (Å²) in [5.41, 5.74) is 3.22. The highest BCUT2D eigenvalue weighted by molar-refractivity contribution is 5.87. The highest BCUT2D eigenvalue weighted by Gasteiger charge is 2.27. The molecule has 0 spiro atoms. The lowest BCUT2D eigenvalue weighted by molar-refractivity contribution is 0.0986. The first-order chi connectivity index (χ1) is 15.1. The number of hydrogen-bond donors (Lipinski definition) is 2. The zero-order chi connectivity index (χ0) is 21.4. The van der Waals surface area contributed by atoms with Crippen LogP contribution in [0.4, 0.5) is 11.8 Å². The zero-order valence-corrected chi connectivity index (χ0v) is 17.9. The van der Waals surface area contributed by atoms with E-state index in [1.165, 1.54) is 0 Å². The monoisotopic (exact) mass is 424 g/mol. The second-order valence-electron chi connectivity index (χ2n) is 8.15. The smallest absolute Gasteiger partial charge is 0.229 e. The van der Waals surface area contributed by atoms with Crippen molar-refractivity contribution in [2.75, 3.05) is 55.9 Å². The number of ether oxygens (including phenoxy) is 2. The number of aromatic amines is 1. The molecule has 2 aliphatic heterocycles. The molecule has 5 rings (SSSR count). The van der Waals surface area contributed by atoms with Gasteiger partial charge in [-0.05, 0) is 25.5 Å². The van der Waals surface area contributed by atoms with Gasteiger partial charge in [-0.15, -0.1) is 0 Å². The van der Waals surface area contributed by atoms with Gasteiger partial charge in [-0.25, -0.2) is 4.98 Å². The summed E-state index contributed by atoms with van der Waals surface area (Å²) >= 11 is 0. The summed E-state index contributed by atoms with van der Waals surface area (Å²) < 4.78 is 11.1. The van der Waals surface area contributed by atoms with Crippen molar-refractivity contribution < 1.29 is 14.6 Å². The Morgan fingerprint density at radius 3 is 2.68 bits per heavy atom. The Morgan fingerprint density at radius 1 is 1.10 bits per heavy atom. The average Bonchev–Trinajstić information content (AvgIpc) is 3.24. The van der Waals surface area contributed by atoms with Gasteiger partial charge in [-0.1, -0.05) is 18.2 Å². The number of morpholine rings is 2. The number of H-pyrrole nitrogens is 1. The summed E-state index contributed by atoms with van der Waals surface area (Å²) in [6.07, 6.45) is -0.540. The van der Waals surface area contributed by atoms with Gasteiger partial charge in [0.2, 0.25) is 5.95 Å². The van der Waals surface area contributed by atoms with E-state index < -0.39 is 6.10 Å². The van der Waals surface area contributed by atoms with Crippen LogP contribution in [0.25, 0.3) is 22.6 Å². The number of aromatic nitrogens is 4. The van der Waals surface area contributed by atoms with E-state index in [1.54, 1.807) is 6.92 Å². The van der Waals surface area contributed by atoms with Crippen molar-refractivity contribution in [1.29, 1.82) is 0 Å². The summed E-state index contributed by atoms with van der Waals surface area (Å²) in [4.78, 5) is 22.5. The van der Waals surface area contributed by atoms with Crippen LogP contribution in [-0.2, 0) is 9.47 Å². The molecule has 2 atom stereocenters. The number of fused-ring (bicyclic) bond motifs is 1. The Labute approximate surface area is 181 Å². The number of nitrogens with one attached hydrogen (secondary N) is 1. The number of imidazole rings is 1. The molecule has 9 nitrogen and oxygen atoms in total. The van der Waals surface area contributed by atoms with Crippen LogP contribution in [0.5, 0.6) is 0 Å². The van der Waals surface area contributed by atoms with E-state index in [9.17, 15) is 5.11 Å². The topological polar surface area (TPSA) is 99.6 Å². The van der Waals surface area contributed by atoms with Gasteiger partial charge in [0.1, 0.15) is 5.82 Å².